The minimum atomic E-state index is -0.263. The third kappa shape index (κ3) is 3.03. The zero-order valence-corrected chi connectivity index (χ0v) is 12.2. The van der Waals surface area contributed by atoms with Crippen molar-refractivity contribution < 1.29 is 4.79 Å². The van der Waals surface area contributed by atoms with Gasteiger partial charge < -0.3 is 0 Å². The Morgan fingerprint density at radius 1 is 1.42 bits per heavy atom. The van der Waals surface area contributed by atoms with E-state index in [9.17, 15) is 4.79 Å². The van der Waals surface area contributed by atoms with E-state index in [1.165, 1.54) is 6.42 Å². The van der Waals surface area contributed by atoms with Crippen LogP contribution in [-0.2, 0) is 11.2 Å². The zero-order valence-electron chi connectivity index (χ0n) is 12.2. The summed E-state index contributed by atoms with van der Waals surface area (Å²) in [6.45, 7) is 2.26. The van der Waals surface area contributed by atoms with Gasteiger partial charge in [0, 0.05) is 18.8 Å². The Morgan fingerprint density at radius 2 is 2.11 bits per heavy atom. The smallest absolute Gasteiger partial charge is 0.157 e. The molecule has 1 aromatic heterocycles. The van der Waals surface area contributed by atoms with Crippen LogP contribution in [0.3, 0.4) is 0 Å². The predicted octanol–water partition coefficient (Wildman–Crippen LogP) is 2.70. The van der Waals surface area contributed by atoms with Crippen molar-refractivity contribution in [3.05, 3.63) is 30.1 Å². The molecule has 104 valence electrons. The van der Waals surface area contributed by atoms with Crippen LogP contribution in [0.15, 0.2) is 24.5 Å². The van der Waals surface area contributed by atoms with Crippen LogP contribution in [0.25, 0.3) is 0 Å². The second-order valence-corrected chi connectivity index (χ2v) is 6.08. The second kappa shape index (κ2) is 5.83. The lowest BCUT2D eigenvalue weighted by molar-refractivity contribution is -0.132. The summed E-state index contributed by atoms with van der Waals surface area (Å²) in [6.07, 6.45) is 8.42. The van der Waals surface area contributed by atoms with E-state index in [1.807, 2.05) is 26.2 Å². The summed E-state index contributed by atoms with van der Waals surface area (Å²) in [5.41, 5.74) is 0.806. The Bertz CT molecular complexity index is 430. The van der Waals surface area contributed by atoms with Gasteiger partial charge in [-0.25, -0.2) is 0 Å². The zero-order chi connectivity index (χ0) is 13.9. The molecule has 0 saturated heterocycles. The molecule has 3 nitrogen and oxygen atoms in total. The summed E-state index contributed by atoms with van der Waals surface area (Å²) in [4.78, 5) is 19.0. The number of Topliss-reactive ketones (excluding diaryl/α,β-unsaturated/α-hetero) is 1. The van der Waals surface area contributed by atoms with Gasteiger partial charge in [-0.2, -0.15) is 0 Å². The minimum Gasteiger partial charge on any atom is -0.297 e. The SMILES string of the molecule is CC1CCCC(C(=O)Cc2ccncc2)(N(C)C)C1. The molecule has 0 spiro atoms. The van der Waals surface area contributed by atoms with Crippen LogP contribution in [-0.4, -0.2) is 35.3 Å². The summed E-state index contributed by atoms with van der Waals surface area (Å²) in [7, 11) is 4.09. The molecule has 0 N–H and O–H groups in total. The average molecular weight is 260 g/mol. The maximum absolute atomic E-state index is 12.8. The molecule has 1 fully saturated rings. The maximum atomic E-state index is 12.8. The Morgan fingerprint density at radius 3 is 2.68 bits per heavy atom. The quantitative estimate of drug-likeness (QED) is 0.834. The van der Waals surface area contributed by atoms with Crippen LogP contribution < -0.4 is 0 Å². The van der Waals surface area contributed by atoms with Crippen molar-refractivity contribution in [2.24, 2.45) is 5.92 Å². The van der Waals surface area contributed by atoms with Gasteiger partial charge in [-0.05, 0) is 50.6 Å². The first-order valence-corrected chi connectivity index (χ1v) is 7.14. The Labute approximate surface area is 116 Å². The molecule has 1 saturated carbocycles. The summed E-state index contributed by atoms with van der Waals surface area (Å²) < 4.78 is 0. The number of carbonyl (C=O) groups excluding carboxylic acids is 1. The highest BCUT2D eigenvalue weighted by Crippen LogP contribution is 2.37. The largest absolute Gasteiger partial charge is 0.297 e. The topological polar surface area (TPSA) is 33.2 Å². The highest BCUT2D eigenvalue weighted by atomic mass is 16.1. The van der Waals surface area contributed by atoms with Gasteiger partial charge in [0.05, 0.1) is 5.54 Å². The lowest BCUT2D eigenvalue weighted by Gasteiger charge is -2.44. The van der Waals surface area contributed by atoms with Crippen molar-refractivity contribution in [3.63, 3.8) is 0 Å². The molecule has 3 heteroatoms. The van der Waals surface area contributed by atoms with Crippen molar-refractivity contribution in [1.82, 2.24) is 9.88 Å². The van der Waals surface area contributed by atoms with Crippen LogP contribution in [0.5, 0.6) is 0 Å². The van der Waals surface area contributed by atoms with Crippen LogP contribution >= 0.6 is 0 Å². The van der Waals surface area contributed by atoms with E-state index in [-0.39, 0.29) is 5.54 Å². The first-order valence-electron chi connectivity index (χ1n) is 7.14. The number of carbonyl (C=O) groups is 1. The first kappa shape index (κ1) is 14.2. The van der Waals surface area contributed by atoms with Crippen LogP contribution in [0, 0.1) is 5.92 Å². The molecule has 1 heterocycles. The predicted molar refractivity (Wildman–Crippen MR) is 77.0 cm³/mol. The number of hydrogen-bond acceptors (Lipinski definition) is 3. The molecule has 2 rings (SSSR count). The Balaban J connectivity index is 2.17. The summed E-state index contributed by atoms with van der Waals surface area (Å²) in [5.74, 6) is 0.993. The molecule has 0 amide bonds. The van der Waals surface area contributed by atoms with E-state index < -0.39 is 0 Å². The number of hydrogen-bond donors (Lipinski definition) is 0. The molecule has 1 aromatic rings. The van der Waals surface area contributed by atoms with Gasteiger partial charge >= 0.3 is 0 Å². The molecular formula is C16H24N2O. The fourth-order valence-electron chi connectivity index (χ4n) is 3.28. The molecular weight excluding hydrogens is 236 g/mol. The third-order valence-corrected chi connectivity index (χ3v) is 4.46. The normalized spacial score (nSPS) is 27.5. The summed E-state index contributed by atoms with van der Waals surface area (Å²) >= 11 is 0. The van der Waals surface area contributed by atoms with E-state index in [0.717, 1.165) is 24.8 Å². The van der Waals surface area contributed by atoms with Crippen molar-refractivity contribution >= 4 is 5.78 Å². The third-order valence-electron chi connectivity index (χ3n) is 4.46. The van der Waals surface area contributed by atoms with Crippen molar-refractivity contribution in [2.75, 3.05) is 14.1 Å². The standard InChI is InChI=1S/C16H24N2O/c1-13-5-4-8-16(12-13,18(2)3)15(19)11-14-6-9-17-10-7-14/h6-7,9-10,13H,4-5,8,11-12H2,1-3H3. The van der Waals surface area contributed by atoms with Gasteiger partial charge in [0.2, 0.25) is 0 Å². The lowest BCUT2D eigenvalue weighted by Crippen LogP contribution is -2.54. The van der Waals surface area contributed by atoms with Crippen LogP contribution in [0.4, 0.5) is 0 Å². The second-order valence-electron chi connectivity index (χ2n) is 6.08. The molecule has 19 heavy (non-hydrogen) atoms. The molecule has 2 unspecified atom stereocenters. The van der Waals surface area contributed by atoms with Gasteiger partial charge in [-0.3, -0.25) is 14.7 Å². The number of nitrogens with zero attached hydrogens (tertiary/aromatic N) is 2. The lowest BCUT2D eigenvalue weighted by atomic mass is 9.72. The summed E-state index contributed by atoms with van der Waals surface area (Å²) in [6, 6.07) is 3.88. The molecule has 0 bridgehead atoms. The van der Waals surface area contributed by atoms with Crippen LogP contribution in [0.2, 0.25) is 0 Å². The fraction of sp³-hybridized carbons (Fsp3) is 0.625. The Hall–Kier alpha value is -1.22. The molecule has 0 radical (unpaired) electrons. The number of ketones is 1. The molecule has 1 aliphatic rings. The number of likely N-dealkylation sites (N-methyl/N-ethyl adjacent to an activating group) is 1. The maximum Gasteiger partial charge on any atom is 0.157 e. The van der Waals surface area contributed by atoms with Gasteiger partial charge in [0.25, 0.3) is 0 Å². The average Bonchev–Trinajstić information content (AvgIpc) is 2.39. The molecule has 0 aromatic carbocycles. The number of rotatable bonds is 4. The Kier molecular flexibility index (Phi) is 4.35. The number of pyridine rings is 1. The van der Waals surface area contributed by atoms with Gasteiger partial charge in [-0.1, -0.05) is 19.8 Å². The highest BCUT2D eigenvalue weighted by molar-refractivity contribution is 5.90. The fourth-order valence-corrected chi connectivity index (χ4v) is 3.28. The highest BCUT2D eigenvalue weighted by Gasteiger charge is 2.42. The molecule has 0 aliphatic heterocycles. The van der Waals surface area contributed by atoms with E-state index in [2.05, 4.69) is 16.8 Å². The van der Waals surface area contributed by atoms with E-state index in [0.29, 0.717) is 18.1 Å². The molecule has 2 atom stereocenters. The van der Waals surface area contributed by atoms with Gasteiger partial charge in [-0.15, -0.1) is 0 Å². The molecule has 1 aliphatic carbocycles. The van der Waals surface area contributed by atoms with Crippen molar-refractivity contribution in [1.29, 1.82) is 0 Å². The van der Waals surface area contributed by atoms with Gasteiger partial charge in [0.1, 0.15) is 0 Å². The monoisotopic (exact) mass is 260 g/mol. The minimum absolute atomic E-state index is 0.263. The van der Waals surface area contributed by atoms with Crippen molar-refractivity contribution in [2.45, 2.75) is 44.6 Å². The number of aromatic nitrogens is 1. The van der Waals surface area contributed by atoms with Gasteiger partial charge in [0.15, 0.2) is 5.78 Å². The summed E-state index contributed by atoms with van der Waals surface area (Å²) in [5, 5.41) is 0. The van der Waals surface area contributed by atoms with Crippen LogP contribution in [0.1, 0.15) is 38.2 Å². The van der Waals surface area contributed by atoms with Crippen molar-refractivity contribution in [3.8, 4) is 0 Å². The van der Waals surface area contributed by atoms with E-state index >= 15 is 0 Å². The first-order chi connectivity index (χ1) is 9.04. The van der Waals surface area contributed by atoms with E-state index in [1.54, 1.807) is 12.4 Å². The van der Waals surface area contributed by atoms with E-state index in [4.69, 9.17) is 0 Å².